The van der Waals surface area contributed by atoms with Gasteiger partial charge in [0.15, 0.2) is 11.3 Å². The Hall–Kier alpha value is -3.17. The van der Waals surface area contributed by atoms with Crippen LogP contribution >= 0.6 is 0 Å². The normalized spacial score (nSPS) is 21.4. The average molecular weight is 570 g/mol. The van der Waals surface area contributed by atoms with Crippen LogP contribution < -0.4 is 10.2 Å². The van der Waals surface area contributed by atoms with Gasteiger partial charge >= 0.3 is 0 Å². The van der Waals surface area contributed by atoms with Crippen molar-refractivity contribution in [1.82, 2.24) is 24.4 Å². The maximum atomic E-state index is 13.7. The Morgan fingerprint density at radius 2 is 2.00 bits per heavy atom. The molecule has 0 aromatic carbocycles. The Labute approximate surface area is 225 Å². The maximum absolute atomic E-state index is 13.7. The number of amides is 1. The first-order valence-electron chi connectivity index (χ1n) is 12.8. The fraction of sp³-hybridized carbons (Fsp3) is 0.583. The summed E-state index contributed by atoms with van der Waals surface area (Å²) in [6.45, 7) is 1.44. The van der Waals surface area contributed by atoms with Crippen molar-refractivity contribution in [2.45, 2.75) is 63.1 Å². The number of hydrogen-bond acceptors (Lipinski definition) is 9. The highest BCUT2D eigenvalue weighted by Crippen LogP contribution is 2.34. The quantitative estimate of drug-likeness (QED) is 0.443. The van der Waals surface area contributed by atoms with E-state index in [1.54, 1.807) is 10.9 Å². The van der Waals surface area contributed by atoms with Crippen LogP contribution in [0, 0.1) is 0 Å². The van der Waals surface area contributed by atoms with E-state index >= 15 is 0 Å². The molecule has 3 aromatic heterocycles. The third-order valence-corrected chi connectivity index (χ3v) is 7.87. The number of carbonyl (C=O) groups excluding carboxylic acids is 1. The third kappa shape index (κ3) is 6.04. The molecule has 2 saturated heterocycles. The summed E-state index contributed by atoms with van der Waals surface area (Å²) >= 11 is 0. The summed E-state index contributed by atoms with van der Waals surface area (Å²) in [6, 6.07) is 2.23. The predicted octanol–water partition coefficient (Wildman–Crippen LogP) is 3.44. The second kappa shape index (κ2) is 11.1. The number of morpholine rings is 1. The number of nitrogens with zero attached hydrogens (tertiary/aromatic N) is 6. The molecule has 15 heteroatoms. The second-order valence-electron chi connectivity index (χ2n) is 9.93. The van der Waals surface area contributed by atoms with Crippen LogP contribution in [0.25, 0.3) is 5.65 Å². The van der Waals surface area contributed by atoms with Crippen molar-refractivity contribution in [3.63, 3.8) is 0 Å². The molecule has 2 atom stereocenters. The Balaban J connectivity index is 0.000000480. The van der Waals surface area contributed by atoms with Crippen LogP contribution in [0.3, 0.4) is 0 Å². The molecule has 3 aliphatic rings. The highest BCUT2D eigenvalue weighted by Gasteiger charge is 2.39. The average Bonchev–Trinajstić information content (AvgIpc) is 3.72. The molecule has 1 saturated carbocycles. The fourth-order valence-corrected chi connectivity index (χ4v) is 5.25. The van der Waals surface area contributed by atoms with Gasteiger partial charge in [0, 0.05) is 20.4 Å². The van der Waals surface area contributed by atoms with Gasteiger partial charge in [-0.1, -0.05) is 19.3 Å². The molecule has 12 nitrogen and oxygen atoms in total. The van der Waals surface area contributed by atoms with Crippen LogP contribution in [0.5, 0.6) is 0 Å². The zero-order valence-electron chi connectivity index (χ0n) is 21.7. The van der Waals surface area contributed by atoms with E-state index in [-0.39, 0.29) is 30.9 Å². The zero-order chi connectivity index (χ0) is 27.7. The Kier molecular flexibility index (Phi) is 7.82. The molecule has 3 fully saturated rings. The van der Waals surface area contributed by atoms with E-state index < -0.39 is 28.1 Å². The molecule has 3 aromatic rings. The summed E-state index contributed by atoms with van der Waals surface area (Å²) in [4.78, 5) is 20.0. The number of carbonyl (C=O) groups is 1. The lowest BCUT2D eigenvalue weighted by atomic mass is 9.96. The first kappa shape index (κ1) is 27.4. The molecule has 39 heavy (non-hydrogen) atoms. The van der Waals surface area contributed by atoms with Gasteiger partial charge < -0.3 is 15.0 Å². The molecule has 2 aliphatic heterocycles. The van der Waals surface area contributed by atoms with E-state index in [4.69, 9.17) is 4.74 Å². The molecule has 2 unspecified atom stereocenters. The molecule has 2 bridgehead atoms. The topological polar surface area (TPSA) is 133 Å². The Bertz CT molecular complexity index is 1440. The number of aromatic nitrogens is 5. The van der Waals surface area contributed by atoms with Gasteiger partial charge in [-0.3, -0.25) is 13.7 Å². The summed E-state index contributed by atoms with van der Waals surface area (Å²) in [5.74, 6) is 0.220. The fourth-order valence-electron chi connectivity index (χ4n) is 5.25. The highest BCUT2D eigenvalue weighted by atomic mass is 32.2. The lowest BCUT2D eigenvalue weighted by Crippen LogP contribution is -2.37. The van der Waals surface area contributed by atoms with Crippen LogP contribution in [0.4, 0.5) is 20.3 Å². The molecule has 1 aliphatic carbocycles. The third-order valence-electron chi connectivity index (χ3n) is 7.26. The lowest BCUT2D eigenvalue weighted by Gasteiger charge is -2.27. The maximum Gasteiger partial charge on any atom is 0.284 e. The number of alkyl halides is 2. The van der Waals surface area contributed by atoms with Gasteiger partial charge in [0.2, 0.25) is 0 Å². The van der Waals surface area contributed by atoms with Crippen molar-refractivity contribution >= 4 is 33.2 Å². The van der Waals surface area contributed by atoms with E-state index in [9.17, 15) is 22.0 Å². The Morgan fingerprint density at radius 3 is 2.62 bits per heavy atom. The minimum atomic E-state index is -3.16. The highest BCUT2D eigenvalue weighted by molar-refractivity contribution is 7.85. The van der Waals surface area contributed by atoms with Crippen LogP contribution in [-0.4, -0.2) is 77.4 Å². The summed E-state index contributed by atoms with van der Waals surface area (Å²) < 4.78 is 59.6. The van der Waals surface area contributed by atoms with E-state index in [1.165, 1.54) is 16.9 Å². The minimum Gasteiger partial charge on any atom is -0.374 e. The predicted molar refractivity (Wildman–Crippen MR) is 140 cm³/mol. The van der Waals surface area contributed by atoms with E-state index in [2.05, 4.69) is 29.6 Å². The van der Waals surface area contributed by atoms with Gasteiger partial charge in [0.25, 0.3) is 22.5 Å². The molecular formula is C24H33F2N7O5S. The number of ether oxygens (including phenoxy) is 1. The molecule has 1 N–H and O–H groups in total. The molecular weight excluding hydrogens is 536 g/mol. The molecule has 6 rings (SSSR count). The van der Waals surface area contributed by atoms with E-state index in [0.717, 1.165) is 64.3 Å². The summed E-state index contributed by atoms with van der Waals surface area (Å²) in [7, 11) is -2.04. The van der Waals surface area contributed by atoms with Crippen LogP contribution in [0.15, 0.2) is 24.7 Å². The van der Waals surface area contributed by atoms with Gasteiger partial charge in [-0.2, -0.15) is 18.6 Å². The van der Waals surface area contributed by atoms with Gasteiger partial charge in [-0.15, -0.1) is 0 Å². The van der Waals surface area contributed by atoms with Crippen LogP contribution in [0.1, 0.15) is 68.5 Å². The molecule has 5 heterocycles. The smallest absolute Gasteiger partial charge is 0.284 e. The van der Waals surface area contributed by atoms with Crippen LogP contribution in [-0.2, 0) is 19.0 Å². The molecule has 1 amide bonds. The second-order valence-corrected chi connectivity index (χ2v) is 11.7. The first-order chi connectivity index (χ1) is 18.6. The number of rotatable bonds is 6. The number of anilines is 2. The molecule has 0 spiro atoms. The van der Waals surface area contributed by atoms with Gasteiger partial charge in [-0.05, 0) is 25.3 Å². The van der Waals surface area contributed by atoms with Crippen LogP contribution in [0.2, 0.25) is 0 Å². The summed E-state index contributed by atoms with van der Waals surface area (Å²) in [6.07, 6.45) is 9.16. The summed E-state index contributed by atoms with van der Waals surface area (Å²) in [5.41, 5.74) is 0.229. The SMILES string of the molecule is COS(C)(=O)=O.O=C(Nc1cn(C2CCCCC2)nc1C(F)F)c1cnn2ccc(N3CC4CC3CO4)nc12.[HH]. The van der Waals surface area contributed by atoms with Crippen molar-refractivity contribution < 1.29 is 32.3 Å². The Morgan fingerprint density at radius 1 is 1.26 bits per heavy atom. The van der Waals surface area contributed by atoms with Gasteiger partial charge in [0.1, 0.15) is 11.4 Å². The number of halogens is 2. The monoisotopic (exact) mass is 569 g/mol. The largest absolute Gasteiger partial charge is 0.374 e. The van der Waals surface area contributed by atoms with Crippen molar-refractivity contribution in [2.75, 3.05) is 36.7 Å². The lowest BCUT2D eigenvalue weighted by molar-refractivity contribution is 0.0988. The zero-order valence-corrected chi connectivity index (χ0v) is 22.5. The number of hydrogen-bond donors (Lipinski definition) is 1. The summed E-state index contributed by atoms with van der Waals surface area (Å²) in [5, 5.41) is 11.0. The molecule has 0 radical (unpaired) electrons. The van der Waals surface area contributed by atoms with Crippen molar-refractivity contribution in [3.8, 4) is 0 Å². The van der Waals surface area contributed by atoms with Crippen molar-refractivity contribution in [1.29, 1.82) is 0 Å². The minimum absolute atomic E-state index is 0. The van der Waals surface area contributed by atoms with E-state index in [1.807, 2.05) is 6.07 Å². The van der Waals surface area contributed by atoms with Gasteiger partial charge in [-0.25, -0.2) is 18.3 Å². The number of nitrogens with one attached hydrogen (secondary N) is 1. The van der Waals surface area contributed by atoms with E-state index in [0.29, 0.717) is 12.3 Å². The van der Waals surface area contributed by atoms with Crippen molar-refractivity contribution in [2.24, 2.45) is 0 Å². The van der Waals surface area contributed by atoms with Crippen molar-refractivity contribution in [3.05, 3.63) is 35.9 Å². The van der Waals surface area contributed by atoms with Gasteiger partial charge in [0.05, 0.1) is 50.0 Å². The standard InChI is InChI=1S/C22H25F2N7O2.C2H6O3S.H2/c23-20(24)19-17(11-31(28-19)13-4-2-1-3-5-13)26-22(32)16-9-25-30-7-6-18(27-21(16)30)29-10-15-8-14(29)12-33-15;1-5-6(2,3)4;/h6-7,9,11,13-15,20H,1-5,8,10,12H2,(H,26,32);1-2H3;1H. The number of fused-ring (bicyclic) bond motifs is 3. The first-order valence-corrected chi connectivity index (χ1v) is 14.6. The molecule has 214 valence electrons.